The molecular weight excluding hydrogens is 366 g/mol. The number of aryl methyl sites for hydroxylation is 2. The summed E-state index contributed by atoms with van der Waals surface area (Å²) in [6.45, 7) is 3.18. The molecule has 0 aromatic heterocycles. The van der Waals surface area contributed by atoms with E-state index in [9.17, 15) is 9.59 Å². The maximum atomic E-state index is 11.9. The Morgan fingerprint density at radius 1 is 1.11 bits per heavy atom. The fourth-order valence-electron chi connectivity index (χ4n) is 2.45. The zero-order valence-corrected chi connectivity index (χ0v) is 16.3. The molecule has 2 rings (SSSR count). The highest BCUT2D eigenvalue weighted by Crippen LogP contribution is 2.20. The number of esters is 1. The fourth-order valence-corrected chi connectivity index (χ4v) is 2.57. The summed E-state index contributed by atoms with van der Waals surface area (Å²) >= 11 is 5.93. The maximum absolute atomic E-state index is 11.9. The van der Waals surface area contributed by atoms with Crippen LogP contribution < -0.4 is 10.1 Å². The van der Waals surface area contributed by atoms with Gasteiger partial charge in [0, 0.05) is 11.1 Å². The highest BCUT2D eigenvalue weighted by Gasteiger charge is 2.11. The van der Waals surface area contributed by atoms with E-state index in [1.807, 2.05) is 32.0 Å². The van der Waals surface area contributed by atoms with Crippen molar-refractivity contribution in [1.29, 1.82) is 0 Å². The van der Waals surface area contributed by atoms with E-state index in [2.05, 4.69) is 17.4 Å². The third-order valence-electron chi connectivity index (χ3n) is 3.97. The number of carbonyl (C=O) groups excluding carboxylic acids is 2. The average Bonchev–Trinajstić information content (AvgIpc) is 2.66. The molecule has 2 aromatic carbocycles. The van der Waals surface area contributed by atoms with Crippen LogP contribution in [0.4, 0.5) is 0 Å². The second kappa shape index (κ2) is 10.6. The molecule has 5 nitrogen and oxygen atoms in total. The zero-order valence-electron chi connectivity index (χ0n) is 15.5. The first kappa shape index (κ1) is 20.8. The van der Waals surface area contributed by atoms with Gasteiger partial charge in [-0.15, -0.1) is 0 Å². The normalized spacial score (nSPS) is 11.5. The van der Waals surface area contributed by atoms with E-state index in [4.69, 9.17) is 21.1 Å². The molecule has 0 aliphatic heterocycles. The number of hydrogen-bond acceptors (Lipinski definition) is 4. The Balaban J connectivity index is 1.63. The number of carbonyl (C=O) groups is 2. The summed E-state index contributed by atoms with van der Waals surface area (Å²) in [4.78, 5) is 23.6. The third-order valence-corrected chi connectivity index (χ3v) is 4.39. The average molecular weight is 390 g/mol. The molecular formula is C21H24ClNO4. The molecule has 0 radical (unpaired) electrons. The summed E-state index contributed by atoms with van der Waals surface area (Å²) in [5.41, 5.74) is 2.08. The first-order chi connectivity index (χ1) is 12.9. The molecule has 0 fully saturated rings. The lowest BCUT2D eigenvalue weighted by Crippen LogP contribution is -2.36. The molecule has 27 heavy (non-hydrogen) atoms. The molecule has 2 aromatic rings. The van der Waals surface area contributed by atoms with Gasteiger partial charge >= 0.3 is 5.97 Å². The van der Waals surface area contributed by atoms with Crippen molar-refractivity contribution < 1.29 is 19.1 Å². The Labute approximate surface area is 164 Å². The Morgan fingerprint density at radius 2 is 1.85 bits per heavy atom. The van der Waals surface area contributed by atoms with E-state index in [0.29, 0.717) is 10.8 Å². The molecule has 0 aliphatic rings. The van der Waals surface area contributed by atoms with Crippen molar-refractivity contribution in [3.05, 3.63) is 64.7 Å². The number of hydrogen-bond donors (Lipinski definition) is 1. The number of amides is 1. The molecule has 0 heterocycles. The smallest absolute Gasteiger partial charge is 0.344 e. The number of nitrogens with one attached hydrogen (secondary N) is 1. The van der Waals surface area contributed by atoms with Gasteiger partial charge in [0.15, 0.2) is 13.2 Å². The Bertz CT molecular complexity index is 764. The van der Waals surface area contributed by atoms with Crippen LogP contribution in [0.3, 0.4) is 0 Å². The summed E-state index contributed by atoms with van der Waals surface area (Å²) in [5, 5.41) is 3.45. The zero-order chi connectivity index (χ0) is 19.6. The predicted molar refractivity (Wildman–Crippen MR) is 105 cm³/mol. The lowest BCUT2D eigenvalue weighted by atomic mass is 10.1. The first-order valence-electron chi connectivity index (χ1n) is 8.82. The van der Waals surface area contributed by atoms with Crippen molar-refractivity contribution in [2.24, 2.45) is 0 Å². The summed E-state index contributed by atoms with van der Waals surface area (Å²) in [6.07, 6.45) is 1.68. The molecule has 0 saturated heterocycles. The lowest BCUT2D eigenvalue weighted by Gasteiger charge is -2.14. The van der Waals surface area contributed by atoms with Gasteiger partial charge in [-0.3, -0.25) is 4.79 Å². The monoisotopic (exact) mass is 389 g/mol. The molecule has 0 spiro atoms. The summed E-state index contributed by atoms with van der Waals surface area (Å²) in [5.74, 6) is -0.409. The van der Waals surface area contributed by atoms with Crippen molar-refractivity contribution in [1.82, 2.24) is 5.32 Å². The van der Waals surface area contributed by atoms with Crippen LogP contribution in [0.15, 0.2) is 48.5 Å². The van der Waals surface area contributed by atoms with Crippen LogP contribution in [0.1, 0.15) is 24.5 Å². The third kappa shape index (κ3) is 7.71. The SMILES string of the molecule is Cc1cc(OCC(=O)OCC(=O)NC(C)CCc2ccccc2)ccc1Cl. The van der Waals surface area contributed by atoms with E-state index in [-0.39, 0.29) is 25.2 Å². The Hall–Kier alpha value is -2.53. The molecule has 0 aliphatic carbocycles. The van der Waals surface area contributed by atoms with Crippen LogP contribution in [0.25, 0.3) is 0 Å². The molecule has 1 unspecified atom stereocenters. The predicted octanol–water partition coefficient (Wildman–Crippen LogP) is 3.71. The second-order valence-electron chi connectivity index (χ2n) is 6.35. The van der Waals surface area contributed by atoms with Crippen molar-refractivity contribution in [2.75, 3.05) is 13.2 Å². The summed E-state index contributed by atoms with van der Waals surface area (Å²) < 4.78 is 10.3. The largest absolute Gasteiger partial charge is 0.482 e. The van der Waals surface area contributed by atoms with Gasteiger partial charge in [-0.1, -0.05) is 41.9 Å². The van der Waals surface area contributed by atoms with Crippen molar-refractivity contribution >= 4 is 23.5 Å². The summed E-state index contributed by atoms with van der Waals surface area (Å²) in [7, 11) is 0. The van der Waals surface area contributed by atoms with Crippen LogP contribution >= 0.6 is 11.6 Å². The Morgan fingerprint density at radius 3 is 2.56 bits per heavy atom. The lowest BCUT2D eigenvalue weighted by molar-refractivity contribution is -0.150. The van der Waals surface area contributed by atoms with Crippen molar-refractivity contribution in [2.45, 2.75) is 32.7 Å². The minimum atomic E-state index is -0.602. The van der Waals surface area contributed by atoms with Crippen LogP contribution in [0.5, 0.6) is 5.75 Å². The van der Waals surface area contributed by atoms with E-state index in [0.717, 1.165) is 18.4 Å². The standard InChI is InChI=1S/C21H24ClNO4/c1-15-12-18(10-11-19(15)22)26-14-21(25)27-13-20(24)23-16(2)8-9-17-6-4-3-5-7-17/h3-7,10-12,16H,8-9,13-14H2,1-2H3,(H,23,24). The molecule has 1 N–H and O–H groups in total. The van der Waals surface area contributed by atoms with Gasteiger partial charge in [0.25, 0.3) is 5.91 Å². The van der Waals surface area contributed by atoms with E-state index in [1.54, 1.807) is 18.2 Å². The van der Waals surface area contributed by atoms with Crippen LogP contribution in [-0.4, -0.2) is 31.1 Å². The van der Waals surface area contributed by atoms with Crippen molar-refractivity contribution in [3.8, 4) is 5.75 Å². The Kier molecular flexibility index (Phi) is 8.14. The van der Waals surface area contributed by atoms with Crippen molar-refractivity contribution in [3.63, 3.8) is 0 Å². The van der Waals surface area contributed by atoms with Gasteiger partial charge in [0.2, 0.25) is 0 Å². The molecule has 6 heteroatoms. The van der Waals surface area contributed by atoms with Gasteiger partial charge < -0.3 is 14.8 Å². The number of rotatable bonds is 9. The highest BCUT2D eigenvalue weighted by molar-refractivity contribution is 6.31. The molecule has 1 atom stereocenters. The number of ether oxygens (including phenoxy) is 2. The summed E-state index contributed by atoms with van der Waals surface area (Å²) in [6, 6.07) is 15.2. The van der Waals surface area contributed by atoms with Crippen LogP contribution in [0.2, 0.25) is 5.02 Å². The molecule has 144 valence electrons. The van der Waals surface area contributed by atoms with Gasteiger partial charge in [0.05, 0.1) is 0 Å². The van der Waals surface area contributed by atoms with Gasteiger partial charge in [-0.2, -0.15) is 0 Å². The highest BCUT2D eigenvalue weighted by atomic mass is 35.5. The van der Waals surface area contributed by atoms with Gasteiger partial charge in [-0.05, 0) is 56.0 Å². The number of halogens is 1. The molecule has 0 saturated carbocycles. The second-order valence-corrected chi connectivity index (χ2v) is 6.76. The minimum Gasteiger partial charge on any atom is -0.482 e. The minimum absolute atomic E-state index is 0.00954. The maximum Gasteiger partial charge on any atom is 0.344 e. The molecule has 1 amide bonds. The number of benzene rings is 2. The first-order valence-corrected chi connectivity index (χ1v) is 9.19. The van der Waals surface area contributed by atoms with E-state index < -0.39 is 5.97 Å². The van der Waals surface area contributed by atoms with Crippen LogP contribution in [-0.2, 0) is 20.7 Å². The van der Waals surface area contributed by atoms with E-state index in [1.165, 1.54) is 5.56 Å². The fraction of sp³-hybridized carbons (Fsp3) is 0.333. The molecule has 0 bridgehead atoms. The van der Waals surface area contributed by atoms with E-state index >= 15 is 0 Å². The van der Waals surface area contributed by atoms with Crippen LogP contribution in [0, 0.1) is 6.92 Å². The topological polar surface area (TPSA) is 64.6 Å². The van der Waals surface area contributed by atoms with Gasteiger partial charge in [0.1, 0.15) is 5.75 Å². The quantitative estimate of drug-likeness (QED) is 0.664. The van der Waals surface area contributed by atoms with Gasteiger partial charge in [-0.25, -0.2) is 4.79 Å².